The second-order valence-corrected chi connectivity index (χ2v) is 8.24. The van der Waals surface area contributed by atoms with Crippen LogP contribution in [-0.4, -0.2) is 35.4 Å². The first kappa shape index (κ1) is 19.2. The molecule has 0 aromatic carbocycles. The molecule has 1 aliphatic rings. The Labute approximate surface area is 149 Å². The molecule has 1 fully saturated rings. The molecular formula is C19H29N3O3. The van der Waals surface area contributed by atoms with E-state index in [1.54, 1.807) is 32.4 Å². The standard InChI is InChI=1S/C19H29N3O3/c1-13-9-14(11-19(2,3)10-13)17(24)20-15-7-6-8-22(18(15)25)12-16(23)21(4)5/h6-8,13-14H,9-12H2,1-5H3,(H,20,24)/t13-,14+/m0/s1. The number of amides is 2. The third-order valence-corrected chi connectivity index (χ3v) is 4.84. The van der Waals surface area contributed by atoms with Gasteiger partial charge in [0.1, 0.15) is 12.2 Å². The highest BCUT2D eigenvalue weighted by molar-refractivity contribution is 5.92. The van der Waals surface area contributed by atoms with E-state index in [4.69, 9.17) is 0 Å². The molecule has 2 atom stereocenters. The number of likely N-dealkylation sites (N-methyl/N-ethyl adjacent to an activating group) is 1. The maximum absolute atomic E-state index is 12.7. The molecule has 1 N–H and O–H groups in total. The molecular weight excluding hydrogens is 318 g/mol. The van der Waals surface area contributed by atoms with Crippen molar-refractivity contribution in [1.82, 2.24) is 9.47 Å². The van der Waals surface area contributed by atoms with Gasteiger partial charge < -0.3 is 14.8 Å². The fraction of sp³-hybridized carbons (Fsp3) is 0.632. The quantitative estimate of drug-likeness (QED) is 0.909. The Morgan fingerprint density at radius 2 is 2.00 bits per heavy atom. The van der Waals surface area contributed by atoms with Crippen molar-refractivity contribution in [3.05, 3.63) is 28.7 Å². The number of pyridine rings is 1. The molecule has 138 valence electrons. The average Bonchev–Trinajstić information content (AvgIpc) is 2.48. The minimum absolute atomic E-state index is 0.0387. The number of nitrogens with zero attached hydrogens (tertiary/aromatic N) is 2. The molecule has 1 aromatic rings. The van der Waals surface area contributed by atoms with Gasteiger partial charge in [-0.05, 0) is 42.7 Å². The summed E-state index contributed by atoms with van der Waals surface area (Å²) in [4.78, 5) is 38.4. The van der Waals surface area contributed by atoms with Gasteiger partial charge in [-0.15, -0.1) is 0 Å². The van der Waals surface area contributed by atoms with E-state index in [9.17, 15) is 14.4 Å². The van der Waals surface area contributed by atoms with E-state index >= 15 is 0 Å². The number of hydrogen-bond acceptors (Lipinski definition) is 3. The Bertz CT molecular complexity index is 706. The van der Waals surface area contributed by atoms with Crippen LogP contribution in [0.4, 0.5) is 5.69 Å². The van der Waals surface area contributed by atoms with Gasteiger partial charge in [-0.25, -0.2) is 0 Å². The zero-order valence-electron chi connectivity index (χ0n) is 15.8. The molecule has 0 unspecified atom stereocenters. The van der Waals surface area contributed by atoms with Crippen LogP contribution in [0, 0.1) is 17.3 Å². The lowest BCUT2D eigenvalue weighted by molar-refractivity contribution is -0.129. The highest BCUT2D eigenvalue weighted by Crippen LogP contribution is 2.41. The number of carbonyl (C=O) groups is 2. The zero-order valence-corrected chi connectivity index (χ0v) is 15.8. The van der Waals surface area contributed by atoms with Gasteiger partial charge in [-0.1, -0.05) is 20.8 Å². The molecule has 2 amide bonds. The fourth-order valence-corrected chi connectivity index (χ4v) is 3.82. The van der Waals surface area contributed by atoms with Crippen molar-refractivity contribution in [2.24, 2.45) is 17.3 Å². The number of aromatic nitrogens is 1. The Morgan fingerprint density at radius 3 is 2.60 bits per heavy atom. The van der Waals surface area contributed by atoms with Gasteiger partial charge in [0, 0.05) is 26.2 Å². The van der Waals surface area contributed by atoms with E-state index in [0.717, 1.165) is 19.3 Å². The average molecular weight is 347 g/mol. The van der Waals surface area contributed by atoms with Gasteiger partial charge in [-0.3, -0.25) is 14.4 Å². The van der Waals surface area contributed by atoms with Gasteiger partial charge in [0.25, 0.3) is 5.56 Å². The number of carbonyl (C=O) groups excluding carboxylic acids is 2. The zero-order chi connectivity index (χ0) is 18.8. The van der Waals surface area contributed by atoms with Gasteiger partial charge in [0.05, 0.1) is 0 Å². The first-order chi connectivity index (χ1) is 11.6. The smallest absolute Gasteiger partial charge is 0.274 e. The minimum Gasteiger partial charge on any atom is -0.347 e. The SMILES string of the molecule is C[C@H]1C[C@@H](C(=O)Nc2cccn(CC(=O)N(C)C)c2=O)CC(C)(C)C1. The topological polar surface area (TPSA) is 71.4 Å². The van der Waals surface area contributed by atoms with Crippen molar-refractivity contribution in [2.45, 2.75) is 46.6 Å². The third kappa shape index (κ3) is 4.94. The van der Waals surface area contributed by atoms with Crippen molar-refractivity contribution in [1.29, 1.82) is 0 Å². The number of hydrogen-bond donors (Lipinski definition) is 1. The summed E-state index contributed by atoms with van der Waals surface area (Å²) in [5.41, 5.74) is 0.0126. The molecule has 2 rings (SSSR count). The van der Waals surface area contributed by atoms with Crippen molar-refractivity contribution in [2.75, 3.05) is 19.4 Å². The molecule has 0 aliphatic heterocycles. The van der Waals surface area contributed by atoms with Gasteiger partial charge in [0.2, 0.25) is 11.8 Å². The van der Waals surface area contributed by atoms with E-state index in [-0.39, 0.29) is 40.9 Å². The molecule has 0 radical (unpaired) electrons. The molecule has 25 heavy (non-hydrogen) atoms. The molecule has 6 heteroatoms. The minimum atomic E-state index is -0.353. The first-order valence-corrected chi connectivity index (χ1v) is 8.79. The summed E-state index contributed by atoms with van der Waals surface area (Å²) in [6.45, 7) is 6.50. The lowest BCUT2D eigenvalue weighted by Gasteiger charge is -2.38. The van der Waals surface area contributed by atoms with E-state index in [0.29, 0.717) is 5.92 Å². The highest BCUT2D eigenvalue weighted by Gasteiger charge is 2.35. The van der Waals surface area contributed by atoms with E-state index in [1.165, 1.54) is 9.47 Å². The molecule has 0 bridgehead atoms. The lowest BCUT2D eigenvalue weighted by Crippen LogP contribution is -2.37. The molecule has 1 aromatic heterocycles. The van der Waals surface area contributed by atoms with Crippen LogP contribution in [0.3, 0.4) is 0 Å². The van der Waals surface area contributed by atoms with Crippen molar-refractivity contribution < 1.29 is 9.59 Å². The number of rotatable bonds is 4. The van der Waals surface area contributed by atoms with Crippen LogP contribution in [0.1, 0.15) is 40.0 Å². The van der Waals surface area contributed by atoms with Crippen LogP contribution in [0.15, 0.2) is 23.1 Å². The summed E-state index contributed by atoms with van der Waals surface area (Å²) in [7, 11) is 3.29. The van der Waals surface area contributed by atoms with Gasteiger partial charge in [0.15, 0.2) is 0 Å². The second kappa shape index (κ2) is 7.42. The Kier molecular flexibility index (Phi) is 5.70. The fourth-order valence-electron chi connectivity index (χ4n) is 3.82. The Hall–Kier alpha value is -2.11. The van der Waals surface area contributed by atoms with Crippen LogP contribution in [-0.2, 0) is 16.1 Å². The van der Waals surface area contributed by atoms with Gasteiger partial charge in [-0.2, -0.15) is 0 Å². The van der Waals surface area contributed by atoms with Crippen LogP contribution in [0.5, 0.6) is 0 Å². The molecule has 1 aliphatic carbocycles. The summed E-state index contributed by atoms with van der Waals surface area (Å²) in [6, 6.07) is 3.27. The normalized spacial score (nSPS) is 22.3. The van der Waals surface area contributed by atoms with Gasteiger partial charge >= 0.3 is 0 Å². The first-order valence-electron chi connectivity index (χ1n) is 8.79. The molecule has 1 heterocycles. The van der Waals surface area contributed by atoms with Crippen LogP contribution >= 0.6 is 0 Å². The number of nitrogens with one attached hydrogen (secondary N) is 1. The maximum atomic E-state index is 12.7. The van der Waals surface area contributed by atoms with Crippen molar-refractivity contribution >= 4 is 17.5 Å². The van der Waals surface area contributed by atoms with Crippen molar-refractivity contribution in [3.8, 4) is 0 Å². The molecule has 0 saturated heterocycles. The highest BCUT2D eigenvalue weighted by atomic mass is 16.2. The summed E-state index contributed by atoms with van der Waals surface area (Å²) in [6.07, 6.45) is 4.34. The number of anilines is 1. The Morgan fingerprint density at radius 1 is 1.32 bits per heavy atom. The third-order valence-electron chi connectivity index (χ3n) is 4.84. The molecule has 0 spiro atoms. The molecule has 1 saturated carbocycles. The summed E-state index contributed by atoms with van der Waals surface area (Å²) in [5, 5.41) is 2.78. The summed E-state index contributed by atoms with van der Waals surface area (Å²) < 4.78 is 1.32. The predicted octanol–water partition coefficient (Wildman–Crippen LogP) is 2.34. The van der Waals surface area contributed by atoms with Crippen LogP contribution in [0.2, 0.25) is 0 Å². The Balaban J connectivity index is 2.13. The lowest BCUT2D eigenvalue weighted by atomic mass is 9.68. The second-order valence-electron chi connectivity index (χ2n) is 8.24. The van der Waals surface area contributed by atoms with Crippen LogP contribution < -0.4 is 10.9 Å². The predicted molar refractivity (Wildman–Crippen MR) is 98.3 cm³/mol. The molecule has 6 nitrogen and oxygen atoms in total. The van der Waals surface area contributed by atoms with E-state index in [2.05, 4.69) is 26.1 Å². The maximum Gasteiger partial charge on any atom is 0.274 e. The van der Waals surface area contributed by atoms with Crippen molar-refractivity contribution in [3.63, 3.8) is 0 Å². The van der Waals surface area contributed by atoms with Crippen LogP contribution in [0.25, 0.3) is 0 Å². The van der Waals surface area contributed by atoms with E-state index < -0.39 is 0 Å². The van der Waals surface area contributed by atoms with E-state index in [1.807, 2.05) is 0 Å². The largest absolute Gasteiger partial charge is 0.347 e. The summed E-state index contributed by atoms with van der Waals surface area (Å²) >= 11 is 0. The summed E-state index contributed by atoms with van der Waals surface area (Å²) in [5.74, 6) is 0.127. The monoisotopic (exact) mass is 347 g/mol.